The molecule has 0 saturated heterocycles. The predicted molar refractivity (Wildman–Crippen MR) is 164 cm³/mol. The van der Waals surface area contributed by atoms with Gasteiger partial charge in [0.2, 0.25) is 10.0 Å². The second-order valence-electron chi connectivity index (χ2n) is 10.2. The molecule has 0 N–H and O–H groups in total. The number of ether oxygens (including phenoxy) is 1. The smallest absolute Gasteiger partial charge is 0.362 e. The summed E-state index contributed by atoms with van der Waals surface area (Å²) in [4.78, 5) is 0.247. The van der Waals surface area contributed by atoms with E-state index in [0.717, 1.165) is 38.6 Å². The van der Waals surface area contributed by atoms with Gasteiger partial charge in [-0.05, 0) is 85.8 Å². The molecule has 9 heteroatoms. The summed E-state index contributed by atoms with van der Waals surface area (Å²) >= 11 is 0. The van der Waals surface area contributed by atoms with Crippen molar-refractivity contribution in [2.75, 3.05) is 20.3 Å². The lowest BCUT2D eigenvalue weighted by Gasteiger charge is -2.27. The molecule has 0 radical (unpaired) electrons. The Hall–Kier alpha value is -3.00. The lowest BCUT2D eigenvalue weighted by molar-refractivity contribution is 0.230. The summed E-state index contributed by atoms with van der Waals surface area (Å²) in [6.45, 7) is 10.1. The van der Waals surface area contributed by atoms with Crippen LogP contribution in [0, 0.1) is 20.8 Å². The van der Waals surface area contributed by atoms with Gasteiger partial charge in [-0.25, -0.2) is 8.42 Å². The topological polar surface area (TPSA) is 82.1 Å². The van der Waals surface area contributed by atoms with Crippen molar-refractivity contribution in [3.8, 4) is 16.9 Å². The summed E-state index contributed by atoms with van der Waals surface area (Å²) < 4.78 is 61.4. The molecular weight excluding hydrogens is 557 g/mol. The van der Waals surface area contributed by atoms with Crippen molar-refractivity contribution in [2.45, 2.75) is 52.6 Å². The molecule has 7 nitrogen and oxygen atoms in total. The van der Waals surface area contributed by atoms with Gasteiger partial charge in [-0.2, -0.15) is 4.31 Å². The van der Waals surface area contributed by atoms with E-state index in [1.807, 2.05) is 57.2 Å². The van der Waals surface area contributed by atoms with E-state index in [1.54, 1.807) is 45.2 Å². The Bertz CT molecular complexity index is 1770. The van der Waals surface area contributed by atoms with E-state index in [4.69, 9.17) is 13.8 Å². The van der Waals surface area contributed by atoms with E-state index in [9.17, 15) is 13.0 Å². The first-order valence-electron chi connectivity index (χ1n) is 13.7. The molecule has 1 aliphatic rings. The predicted octanol–water partition coefficient (Wildman–Crippen LogP) is 7.04. The summed E-state index contributed by atoms with van der Waals surface area (Å²) in [7, 11) is -5.99. The molecule has 0 amide bonds. The minimum Gasteiger partial charge on any atom is -0.496 e. The monoisotopic (exact) mass is 593 g/mol. The average molecular weight is 594 g/mol. The van der Waals surface area contributed by atoms with Gasteiger partial charge in [0.05, 0.1) is 30.5 Å². The standard InChI is InChI=1S/C32H36NO6PS/c1-7-38-40(34,39-8-2)32-23(5)28-20-33(41(35,36)25-16-13-21(3)14-17-25)19-27(28)22(4)30(32)31-26-12-10-9-11-24(26)15-18-29(31)37-6/h9-18H,7-8,19-20H2,1-6H3. The van der Waals surface area contributed by atoms with Crippen molar-refractivity contribution in [2.24, 2.45) is 0 Å². The molecule has 0 aliphatic carbocycles. The Morgan fingerprint density at radius 2 is 1.41 bits per heavy atom. The van der Waals surface area contributed by atoms with Crippen LogP contribution in [0.2, 0.25) is 0 Å². The lowest BCUT2D eigenvalue weighted by Crippen LogP contribution is -2.25. The van der Waals surface area contributed by atoms with E-state index in [2.05, 4.69) is 0 Å². The van der Waals surface area contributed by atoms with Gasteiger partial charge < -0.3 is 13.8 Å². The summed E-state index contributed by atoms with van der Waals surface area (Å²) in [6, 6.07) is 18.8. The summed E-state index contributed by atoms with van der Waals surface area (Å²) in [5, 5.41) is 2.39. The summed E-state index contributed by atoms with van der Waals surface area (Å²) in [5.74, 6) is 0.620. The van der Waals surface area contributed by atoms with Crippen LogP contribution < -0.4 is 10.0 Å². The molecule has 0 saturated carbocycles. The number of methoxy groups -OCH3 is 1. The Balaban J connectivity index is 1.82. The summed E-state index contributed by atoms with van der Waals surface area (Å²) in [6.07, 6.45) is 0. The lowest BCUT2D eigenvalue weighted by atomic mass is 9.88. The molecule has 0 atom stereocenters. The van der Waals surface area contributed by atoms with Gasteiger partial charge >= 0.3 is 7.60 Å². The highest BCUT2D eigenvalue weighted by Gasteiger charge is 2.40. The zero-order chi connectivity index (χ0) is 29.5. The van der Waals surface area contributed by atoms with Gasteiger partial charge in [0, 0.05) is 24.2 Å². The van der Waals surface area contributed by atoms with Crippen molar-refractivity contribution in [1.82, 2.24) is 4.31 Å². The van der Waals surface area contributed by atoms with Crippen LogP contribution in [0.25, 0.3) is 21.9 Å². The Morgan fingerprint density at radius 3 is 2.02 bits per heavy atom. The van der Waals surface area contributed by atoms with Crippen molar-refractivity contribution in [3.05, 3.63) is 88.5 Å². The van der Waals surface area contributed by atoms with E-state index in [-0.39, 0.29) is 31.2 Å². The fourth-order valence-electron chi connectivity index (χ4n) is 5.81. The van der Waals surface area contributed by atoms with Gasteiger partial charge in [-0.15, -0.1) is 0 Å². The number of hydrogen-bond acceptors (Lipinski definition) is 6. The first kappa shape index (κ1) is 29.5. The zero-order valence-corrected chi connectivity index (χ0v) is 26.1. The van der Waals surface area contributed by atoms with Crippen molar-refractivity contribution < 1.29 is 26.8 Å². The van der Waals surface area contributed by atoms with Crippen molar-refractivity contribution in [3.63, 3.8) is 0 Å². The average Bonchev–Trinajstić information content (AvgIpc) is 3.42. The number of fused-ring (bicyclic) bond motifs is 2. The van der Waals surface area contributed by atoms with Gasteiger partial charge in [0.1, 0.15) is 5.75 Å². The van der Waals surface area contributed by atoms with Crippen molar-refractivity contribution >= 4 is 33.7 Å². The maximum Gasteiger partial charge on any atom is 0.362 e. The van der Waals surface area contributed by atoms with Crippen molar-refractivity contribution in [1.29, 1.82) is 0 Å². The molecule has 216 valence electrons. The van der Waals surface area contributed by atoms with Crippen LogP contribution in [0.5, 0.6) is 5.75 Å². The highest BCUT2D eigenvalue weighted by atomic mass is 32.2. The van der Waals surface area contributed by atoms with Crippen LogP contribution in [0.15, 0.2) is 65.6 Å². The van der Waals surface area contributed by atoms with E-state index >= 15 is 0 Å². The van der Waals surface area contributed by atoms with Crippen LogP contribution in [0.4, 0.5) is 0 Å². The fraction of sp³-hybridized carbons (Fsp3) is 0.312. The quantitative estimate of drug-likeness (QED) is 0.194. The third kappa shape index (κ3) is 5.02. The number of nitrogens with zero attached hydrogens (tertiary/aromatic N) is 1. The first-order valence-corrected chi connectivity index (χ1v) is 16.7. The normalized spacial score (nSPS) is 14.0. The fourth-order valence-corrected chi connectivity index (χ4v) is 9.30. The van der Waals surface area contributed by atoms with Crippen LogP contribution in [-0.2, 0) is 36.7 Å². The van der Waals surface area contributed by atoms with Gasteiger partial charge in [-0.3, -0.25) is 4.57 Å². The molecule has 1 heterocycles. The Labute approximate surface area is 242 Å². The van der Waals surface area contributed by atoms with Gasteiger partial charge in [0.25, 0.3) is 0 Å². The molecular formula is C32H36NO6PS. The van der Waals surface area contributed by atoms with Crippen LogP contribution in [0.3, 0.4) is 0 Å². The largest absolute Gasteiger partial charge is 0.496 e. The zero-order valence-electron chi connectivity index (χ0n) is 24.4. The minimum absolute atomic E-state index is 0.163. The molecule has 0 unspecified atom stereocenters. The molecule has 0 bridgehead atoms. The second kappa shape index (κ2) is 11.3. The third-order valence-electron chi connectivity index (χ3n) is 7.80. The Kier molecular flexibility index (Phi) is 8.16. The second-order valence-corrected chi connectivity index (χ2v) is 14.1. The molecule has 0 aromatic heterocycles. The maximum absolute atomic E-state index is 14.6. The molecule has 5 rings (SSSR count). The van der Waals surface area contributed by atoms with Gasteiger partial charge in [-0.1, -0.05) is 48.0 Å². The molecule has 4 aromatic carbocycles. The maximum atomic E-state index is 14.6. The molecule has 1 aliphatic heterocycles. The number of rotatable bonds is 9. The van der Waals surface area contributed by atoms with Crippen LogP contribution in [0.1, 0.15) is 41.7 Å². The number of sulfonamides is 1. The number of aryl methyl sites for hydroxylation is 1. The highest BCUT2D eigenvalue weighted by Crippen LogP contribution is 2.54. The number of hydrogen-bond donors (Lipinski definition) is 0. The van der Waals surface area contributed by atoms with Crippen LogP contribution >= 0.6 is 7.60 Å². The molecule has 0 fully saturated rings. The highest BCUT2D eigenvalue weighted by molar-refractivity contribution is 7.89. The Morgan fingerprint density at radius 1 is 0.805 bits per heavy atom. The summed E-state index contributed by atoms with van der Waals surface area (Å²) in [5.41, 5.74) is 5.74. The molecule has 0 spiro atoms. The first-order chi connectivity index (χ1) is 19.6. The third-order valence-corrected chi connectivity index (χ3v) is 11.9. The van der Waals surface area contributed by atoms with E-state index in [1.165, 1.54) is 4.31 Å². The minimum atomic E-state index is -3.83. The van der Waals surface area contributed by atoms with Crippen LogP contribution in [-0.4, -0.2) is 33.0 Å². The number of benzene rings is 4. The van der Waals surface area contributed by atoms with Gasteiger partial charge in [0.15, 0.2) is 0 Å². The van der Waals surface area contributed by atoms with E-state index in [0.29, 0.717) is 22.2 Å². The van der Waals surface area contributed by atoms with E-state index < -0.39 is 17.6 Å². The molecule has 4 aromatic rings. The molecule has 41 heavy (non-hydrogen) atoms. The SMILES string of the molecule is CCOP(=O)(OCC)c1c(C)c2c(c(C)c1-c1c(OC)ccc3ccccc13)CN(S(=O)(=O)c1ccc(C)cc1)C2.